The van der Waals surface area contributed by atoms with Gasteiger partial charge in [-0.3, -0.25) is 10.2 Å². The Hall–Kier alpha value is -1.20. The van der Waals surface area contributed by atoms with Crippen molar-refractivity contribution in [2.24, 2.45) is 5.10 Å². The fraction of sp³-hybridized carbons (Fsp3) is 0.389. The van der Waals surface area contributed by atoms with Crippen molar-refractivity contribution in [2.45, 2.75) is 33.1 Å². The van der Waals surface area contributed by atoms with Crippen LogP contribution in [-0.4, -0.2) is 30.4 Å². The second-order valence-electron chi connectivity index (χ2n) is 5.50. The number of hydrogen-bond donors (Lipinski definition) is 1. The molecule has 1 aromatic heterocycles. The number of thiazole rings is 1. The summed E-state index contributed by atoms with van der Waals surface area (Å²) in [5.41, 5.74) is 4.44. The Balaban J connectivity index is 2.03. The fourth-order valence-electron chi connectivity index (χ4n) is 2.10. The number of carbonyl (C=O) groups excluding carboxylic acids is 1. The minimum absolute atomic E-state index is 0.162. The van der Waals surface area contributed by atoms with Crippen LogP contribution >= 0.6 is 49.9 Å². The first-order chi connectivity index (χ1) is 13.0. The Kier molecular flexibility index (Phi) is 9.49. The van der Waals surface area contributed by atoms with Gasteiger partial charge in [-0.1, -0.05) is 29.3 Å². The molecule has 0 unspecified atom stereocenters. The number of ether oxygens (including phenoxy) is 2. The van der Waals surface area contributed by atoms with Gasteiger partial charge in [0.25, 0.3) is 0 Å². The third-order valence-electron chi connectivity index (χ3n) is 3.33. The summed E-state index contributed by atoms with van der Waals surface area (Å²) in [4.78, 5) is 15.8. The van der Waals surface area contributed by atoms with Crippen LogP contribution in [0.1, 0.15) is 37.9 Å². The van der Waals surface area contributed by atoms with Crippen LogP contribution in [0.4, 0.5) is 5.13 Å². The molecule has 0 amide bonds. The SMILES string of the molecule is CCCCOc1c(I)cc(Br)cc1C=NNc1nc(CC(=O)OCC)cs1. The summed E-state index contributed by atoms with van der Waals surface area (Å²) in [6.07, 6.45) is 3.95. The van der Waals surface area contributed by atoms with Gasteiger partial charge in [-0.25, -0.2) is 4.98 Å². The molecule has 0 atom stereocenters. The zero-order valence-corrected chi connectivity index (χ0v) is 19.7. The van der Waals surface area contributed by atoms with Crippen LogP contribution in [0.2, 0.25) is 0 Å². The summed E-state index contributed by atoms with van der Waals surface area (Å²) in [6, 6.07) is 3.97. The number of unbranched alkanes of at least 4 members (excludes halogenated alkanes) is 1. The number of esters is 1. The van der Waals surface area contributed by atoms with Crippen molar-refractivity contribution in [3.8, 4) is 5.75 Å². The number of aromatic nitrogens is 1. The van der Waals surface area contributed by atoms with Gasteiger partial charge in [-0.2, -0.15) is 5.10 Å². The lowest BCUT2D eigenvalue weighted by atomic mass is 10.2. The lowest BCUT2D eigenvalue weighted by Gasteiger charge is -2.11. The van der Waals surface area contributed by atoms with Crippen molar-refractivity contribution in [2.75, 3.05) is 18.6 Å². The zero-order valence-electron chi connectivity index (χ0n) is 15.1. The number of hydrazone groups is 1. The topological polar surface area (TPSA) is 72.8 Å². The lowest BCUT2D eigenvalue weighted by Crippen LogP contribution is -2.07. The highest BCUT2D eigenvalue weighted by Gasteiger charge is 2.10. The molecule has 6 nitrogen and oxygen atoms in total. The van der Waals surface area contributed by atoms with E-state index in [1.54, 1.807) is 13.1 Å². The van der Waals surface area contributed by atoms with Gasteiger partial charge >= 0.3 is 5.97 Å². The molecule has 1 heterocycles. The van der Waals surface area contributed by atoms with Crippen molar-refractivity contribution in [1.82, 2.24) is 4.98 Å². The van der Waals surface area contributed by atoms with Crippen molar-refractivity contribution in [1.29, 1.82) is 0 Å². The van der Waals surface area contributed by atoms with Crippen LogP contribution in [-0.2, 0) is 16.0 Å². The molecule has 27 heavy (non-hydrogen) atoms. The van der Waals surface area contributed by atoms with Crippen LogP contribution in [0.15, 0.2) is 27.1 Å². The molecule has 0 bridgehead atoms. The minimum atomic E-state index is -0.282. The predicted octanol–water partition coefficient (Wildman–Crippen LogP) is 5.24. The van der Waals surface area contributed by atoms with Crippen LogP contribution < -0.4 is 10.2 Å². The molecular formula is C18H21BrIN3O3S. The highest BCUT2D eigenvalue weighted by molar-refractivity contribution is 14.1. The first-order valence-corrected chi connectivity index (χ1v) is 11.3. The van der Waals surface area contributed by atoms with E-state index in [1.807, 2.05) is 17.5 Å². The molecule has 146 valence electrons. The maximum Gasteiger partial charge on any atom is 0.311 e. The lowest BCUT2D eigenvalue weighted by molar-refractivity contribution is -0.142. The van der Waals surface area contributed by atoms with E-state index < -0.39 is 0 Å². The van der Waals surface area contributed by atoms with E-state index >= 15 is 0 Å². The van der Waals surface area contributed by atoms with Crippen molar-refractivity contribution >= 4 is 67.2 Å². The van der Waals surface area contributed by atoms with E-state index in [2.05, 4.69) is 61.0 Å². The molecule has 0 aliphatic heterocycles. The molecule has 1 N–H and O–H groups in total. The first kappa shape index (κ1) is 22.1. The molecule has 0 saturated carbocycles. The number of nitrogens with one attached hydrogen (secondary N) is 1. The second kappa shape index (κ2) is 11.6. The molecule has 0 saturated heterocycles. The monoisotopic (exact) mass is 565 g/mol. The number of benzene rings is 1. The number of halogens is 2. The van der Waals surface area contributed by atoms with E-state index in [-0.39, 0.29) is 12.4 Å². The molecule has 0 aliphatic rings. The number of hydrogen-bond acceptors (Lipinski definition) is 7. The van der Waals surface area contributed by atoms with E-state index in [9.17, 15) is 4.79 Å². The maximum absolute atomic E-state index is 11.5. The van der Waals surface area contributed by atoms with Gasteiger partial charge < -0.3 is 9.47 Å². The first-order valence-electron chi connectivity index (χ1n) is 8.54. The quantitative estimate of drug-likeness (QED) is 0.140. The Labute approximate surface area is 185 Å². The normalized spacial score (nSPS) is 11.0. The molecule has 2 aromatic rings. The molecular weight excluding hydrogens is 545 g/mol. The van der Waals surface area contributed by atoms with E-state index in [0.717, 1.165) is 32.2 Å². The third kappa shape index (κ3) is 7.38. The summed E-state index contributed by atoms with van der Waals surface area (Å²) >= 11 is 7.15. The van der Waals surface area contributed by atoms with Gasteiger partial charge in [0.2, 0.25) is 5.13 Å². The van der Waals surface area contributed by atoms with Crippen LogP contribution in [0.25, 0.3) is 0 Å². The van der Waals surface area contributed by atoms with Crippen molar-refractivity contribution in [3.63, 3.8) is 0 Å². The molecule has 0 spiro atoms. The van der Waals surface area contributed by atoms with E-state index in [1.165, 1.54) is 11.3 Å². The standard InChI is InChI=1S/C18H21BrIN3O3S/c1-3-5-6-26-17-12(7-13(19)8-15(17)20)10-21-23-18-22-14(11-27-18)9-16(24)25-4-2/h7-8,10-11H,3-6,9H2,1-2H3,(H,22,23). The average Bonchev–Trinajstić information content (AvgIpc) is 3.04. The van der Waals surface area contributed by atoms with Crippen molar-refractivity contribution < 1.29 is 14.3 Å². The summed E-state index contributed by atoms with van der Waals surface area (Å²) < 4.78 is 12.8. The molecule has 0 aliphatic carbocycles. The van der Waals surface area contributed by atoms with Gasteiger partial charge in [0, 0.05) is 15.4 Å². The Bertz CT molecular complexity index is 798. The van der Waals surface area contributed by atoms with E-state index in [4.69, 9.17) is 9.47 Å². The minimum Gasteiger partial charge on any atom is -0.492 e. The Morgan fingerprint density at radius 2 is 2.26 bits per heavy atom. The number of carbonyl (C=O) groups is 1. The molecule has 1 aromatic carbocycles. The Morgan fingerprint density at radius 3 is 3.00 bits per heavy atom. The molecule has 2 rings (SSSR count). The van der Waals surface area contributed by atoms with Crippen LogP contribution in [0.5, 0.6) is 5.75 Å². The van der Waals surface area contributed by atoms with Gasteiger partial charge in [-0.05, 0) is 48.1 Å². The molecule has 0 fully saturated rings. The van der Waals surface area contributed by atoms with Gasteiger partial charge in [0.15, 0.2) is 0 Å². The summed E-state index contributed by atoms with van der Waals surface area (Å²) in [7, 11) is 0. The Morgan fingerprint density at radius 1 is 1.44 bits per heavy atom. The average molecular weight is 566 g/mol. The van der Waals surface area contributed by atoms with Gasteiger partial charge in [0.05, 0.1) is 35.1 Å². The second-order valence-corrected chi connectivity index (χ2v) is 8.44. The third-order valence-corrected chi connectivity index (χ3v) is 5.38. The highest BCUT2D eigenvalue weighted by Crippen LogP contribution is 2.29. The van der Waals surface area contributed by atoms with Gasteiger partial charge in [-0.15, -0.1) is 11.3 Å². The zero-order chi connectivity index (χ0) is 19.6. The predicted molar refractivity (Wildman–Crippen MR) is 121 cm³/mol. The number of anilines is 1. The van der Waals surface area contributed by atoms with E-state index in [0.29, 0.717) is 24.0 Å². The molecule has 0 radical (unpaired) electrons. The summed E-state index contributed by atoms with van der Waals surface area (Å²) in [5.74, 6) is 0.537. The van der Waals surface area contributed by atoms with Crippen LogP contribution in [0.3, 0.4) is 0 Å². The summed E-state index contributed by atoms with van der Waals surface area (Å²) in [5, 5.41) is 6.69. The van der Waals surface area contributed by atoms with Gasteiger partial charge in [0.1, 0.15) is 5.75 Å². The highest BCUT2D eigenvalue weighted by atomic mass is 127. The smallest absolute Gasteiger partial charge is 0.311 e. The summed E-state index contributed by atoms with van der Waals surface area (Å²) in [6.45, 7) is 4.95. The van der Waals surface area contributed by atoms with Crippen molar-refractivity contribution in [3.05, 3.63) is 36.8 Å². The molecule has 9 heteroatoms. The number of rotatable bonds is 10. The number of nitrogens with zero attached hydrogens (tertiary/aromatic N) is 2. The fourth-order valence-corrected chi connectivity index (χ4v) is 4.47. The maximum atomic E-state index is 11.5. The van der Waals surface area contributed by atoms with Crippen LogP contribution in [0, 0.1) is 3.57 Å². The largest absolute Gasteiger partial charge is 0.492 e.